The van der Waals surface area contributed by atoms with Gasteiger partial charge in [-0.15, -0.1) is 21.8 Å². The van der Waals surface area contributed by atoms with E-state index in [2.05, 4.69) is 10.2 Å². The van der Waals surface area contributed by atoms with E-state index in [0.29, 0.717) is 27.9 Å². The summed E-state index contributed by atoms with van der Waals surface area (Å²) in [5, 5.41) is 19.5. The van der Waals surface area contributed by atoms with E-state index in [4.69, 9.17) is 11.6 Å². The fourth-order valence-electron chi connectivity index (χ4n) is 1.36. The van der Waals surface area contributed by atoms with Gasteiger partial charge in [-0.3, -0.25) is 10.1 Å². The molecule has 0 N–H and O–H groups in total. The van der Waals surface area contributed by atoms with E-state index in [1.807, 2.05) is 0 Å². The van der Waals surface area contributed by atoms with E-state index in [-0.39, 0.29) is 5.69 Å². The molecule has 2 aromatic rings. The van der Waals surface area contributed by atoms with Crippen molar-refractivity contribution in [3.8, 4) is 10.6 Å². The Hall–Kier alpha value is -1.60. The van der Waals surface area contributed by atoms with Crippen LogP contribution in [0, 0.1) is 15.9 Å². The number of aromatic nitrogens is 2. The van der Waals surface area contributed by atoms with Crippen LogP contribution in [0.1, 0.15) is 5.01 Å². The van der Waals surface area contributed by atoms with Crippen molar-refractivity contribution >= 4 is 28.6 Å². The van der Waals surface area contributed by atoms with Gasteiger partial charge in [-0.2, -0.15) is 0 Å². The van der Waals surface area contributed by atoms with Crippen molar-refractivity contribution in [1.82, 2.24) is 10.2 Å². The zero-order chi connectivity index (χ0) is 13.1. The lowest BCUT2D eigenvalue weighted by atomic mass is 10.2. The second kappa shape index (κ2) is 5.36. The second-order valence-corrected chi connectivity index (χ2v) is 4.84. The van der Waals surface area contributed by atoms with Crippen LogP contribution in [-0.4, -0.2) is 21.0 Å². The average molecular weight is 288 g/mol. The van der Waals surface area contributed by atoms with E-state index >= 15 is 0 Å². The van der Waals surface area contributed by atoms with Gasteiger partial charge in [0.25, 0.3) is 5.69 Å². The Balaban J connectivity index is 2.39. The monoisotopic (exact) mass is 287 g/mol. The van der Waals surface area contributed by atoms with Gasteiger partial charge in [0.1, 0.15) is 15.8 Å². The molecule has 18 heavy (non-hydrogen) atoms. The van der Waals surface area contributed by atoms with Crippen LogP contribution in [0.2, 0.25) is 0 Å². The highest BCUT2D eigenvalue weighted by atomic mass is 35.5. The van der Waals surface area contributed by atoms with Crippen LogP contribution in [0.3, 0.4) is 0 Å². The number of nitro benzene ring substituents is 1. The number of alkyl halides is 1. The molecule has 0 unspecified atom stereocenters. The summed E-state index contributed by atoms with van der Waals surface area (Å²) >= 11 is 6.82. The van der Waals surface area contributed by atoms with Crippen LogP contribution in [0.15, 0.2) is 18.2 Å². The van der Waals surface area contributed by atoms with Crippen molar-refractivity contribution in [1.29, 1.82) is 0 Å². The minimum absolute atomic E-state index is 0.306. The van der Waals surface area contributed by atoms with E-state index in [9.17, 15) is 14.5 Å². The van der Waals surface area contributed by atoms with Crippen LogP contribution >= 0.6 is 22.9 Å². The lowest BCUT2D eigenvalue weighted by Crippen LogP contribution is -1.90. The van der Waals surface area contributed by atoms with Gasteiger partial charge in [-0.25, -0.2) is 4.39 Å². The number of non-ortho nitro benzene ring substituents is 1. The van der Waals surface area contributed by atoms with Crippen molar-refractivity contribution in [2.75, 3.05) is 5.88 Å². The predicted molar refractivity (Wildman–Crippen MR) is 66.4 cm³/mol. The van der Waals surface area contributed by atoms with Gasteiger partial charge in [0.2, 0.25) is 0 Å². The molecule has 0 fully saturated rings. The third kappa shape index (κ3) is 2.80. The summed E-state index contributed by atoms with van der Waals surface area (Å²) in [4.78, 5) is 9.99. The van der Waals surface area contributed by atoms with E-state index in [0.717, 1.165) is 6.07 Å². The Morgan fingerprint density at radius 2 is 2.17 bits per heavy atom. The fourth-order valence-corrected chi connectivity index (χ4v) is 2.47. The summed E-state index contributed by atoms with van der Waals surface area (Å²) in [5.74, 6) is -0.258. The fraction of sp³-hybridized carbons (Fsp3) is 0.200. The normalized spacial score (nSPS) is 10.6. The van der Waals surface area contributed by atoms with Crippen molar-refractivity contribution in [2.45, 2.75) is 6.42 Å². The van der Waals surface area contributed by atoms with Gasteiger partial charge < -0.3 is 0 Å². The number of nitrogens with zero attached hydrogens (tertiary/aromatic N) is 3. The number of benzene rings is 1. The highest BCUT2D eigenvalue weighted by Gasteiger charge is 2.14. The highest BCUT2D eigenvalue weighted by Crippen LogP contribution is 2.28. The van der Waals surface area contributed by atoms with Crippen molar-refractivity contribution in [2.24, 2.45) is 0 Å². The Morgan fingerprint density at radius 1 is 1.39 bits per heavy atom. The molecule has 1 aromatic carbocycles. The first-order chi connectivity index (χ1) is 8.60. The lowest BCUT2D eigenvalue weighted by Gasteiger charge is -1.96. The topological polar surface area (TPSA) is 68.9 Å². The summed E-state index contributed by atoms with van der Waals surface area (Å²) in [6.07, 6.45) is 0.566. The maximum Gasteiger partial charge on any atom is 0.273 e. The van der Waals surface area contributed by atoms with Crippen molar-refractivity contribution in [3.63, 3.8) is 0 Å². The molecule has 0 bridgehead atoms. The molecule has 2 rings (SSSR count). The molecule has 0 amide bonds. The molecule has 0 saturated heterocycles. The largest absolute Gasteiger partial charge is 0.273 e. The molecule has 0 aliphatic heterocycles. The zero-order valence-corrected chi connectivity index (χ0v) is 10.5. The first-order valence-corrected chi connectivity index (χ1v) is 6.29. The van der Waals surface area contributed by atoms with Crippen LogP contribution in [0.25, 0.3) is 10.6 Å². The van der Waals surface area contributed by atoms with Gasteiger partial charge in [0, 0.05) is 23.9 Å². The number of halogens is 2. The number of rotatable bonds is 4. The second-order valence-electron chi connectivity index (χ2n) is 3.40. The summed E-state index contributed by atoms with van der Waals surface area (Å²) in [7, 11) is 0. The molecule has 5 nitrogen and oxygen atoms in total. The Bertz CT molecular complexity index is 590. The first-order valence-electron chi connectivity index (χ1n) is 4.94. The maximum atomic E-state index is 13.3. The van der Waals surface area contributed by atoms with E-state index in [1.165, 1.54) is 23.5 Å². The van der Waals surface area contributed by atoms with E-state index < -0.39 is 10.7 Å². The van der Waals surface area contributed by atoms with Crippen LogP contribution < -0.4 is 0 Å². The van der Waals surface area contributed by atoms with Crippen LogP contribution in [-0.2, 0) is 6.42 Å². The minimum atomic E-state index is -0.673. The number of nitro groups is 1. The molecule has 94 valence electrons. The third-order valence-electron chi connectivity index (χ3n) is 2.12. The van der Waals surface area contributed by atoms with Crippen LogP contribution in [0.5, 0.6) is 0 Å². The first kappa shape index (κ1) is 12.8. The summed E-state index contributed by atoms with van der Waals surface area (Å²) in [5.41, 5.74) is 0.0408. The molecular weight excluding hydrogens is 281 g/mol. The number of hydrogen-bond donors (Lipinski definition) is 0. The number of hydrogen-bond acceptors (Lipinski definition) is 5. The molecule has 0 aliphatic rings. The zero-order valence-electron chi connectivity index (χ0n) is 8.97. The Morgan fingerprint density at radius 3 is 2.83 bits per heavy atom. The highest BCUT2D eigenvalue weighted by molar-refractivity contribution is 7.14. The molecule has 1 heterocycles. The third-order valence-corrected chi connectivity index (χ3v) is 3.34. The SMILES string of the molecule is O=[N+]([O-])c1cc(F)cc(-c2nnc(CCCl)s2)c1. The molecule has 0 aliphatic carbocycles. The van der Waals surface area contributed by atoms with Gasteiger partial charge in [0.05, 0.1) is 11.0 Å². The quantitative estimate of drug-likeness (QED) is 0.492. The predicted octanol–water partition coefficient (Wildman–Crippen LogP) is 3.03. The standard InChI is InChI=1S/C10H7ClFN3O2S/c11-2-1-9-13-14-10(18-9)6-3-7(12)5-8(4-6)15(16)17/h3-5H,1-2H2. The molecule has 0 atom stereocenters. The Kier molecular flexibility index (Phi) is 3.83. The smallest absolute Gasteiger partial charge is 0.258 e. The summed E-state index contributed by atoms with van der Waals surface area (Å²) in [6, 6.07) is 3.33. The Labute approximate surface area is 110 Å². The average Bonchev–Trinajstić information content (AvgIpc) is 2.77. The van der Waals surface area contributed by atoms with Crippen molar-refractivity contribution in [3.05, 3.63) is 39.1 Å². The summed E-state index contributed by atoms with van der Waals surface area (Å²) in [6.45, 7) is 0. The molecule has 0 saturated carbocycles. The number of aryl methyl sites for hydroxylation is 1. The lowest BCUT2D eigenvalue weighted by molar-refractivity contribution is -0.385. The van der Waals surface area contributed by atoms with E-state index in [1.54, 1.807) is 0 Å². The van der Waals surface area contributed by atoms with Gasteiger partial charge in [0.15, 0.2) is 0 Å². The minimum Gasteiger partial charge on any atom is -0.258 e. The maximum absolute atomic E-state index is 13.3. The molecule has 1 aromatic heterocycles. The molecule has 8 heteroatoms. The molecule has 0 radical (unpaired) electrons. The van der Waals surface area contributed by atoms with Crippen molar-refractivity contribution < 1.29 is 9.31 Å². The molecular formula is C10H7ClFN3O2S. The summed E-state index contributed by atoms with van der Waals surface area (Å²) < 4.78 is 13.3. The van der Waals surface area contributed by atoms with Gasteiger partial charge in [-0.05, 0) is 6.07 Å². The van der Waals surface area contributed by atoms with Gasteiger partial charge >= 0.3 is 0 Å². The molecule has 0 spiro atoms. The van der Waals surface area contributed by atoms with Gasteiger partial charge in [-0.1, -0.05) is 11.3 Å². The van der Waals surface area contributed by atoms with Crippen LogP contribution in [0.4, 0.5) is 10.1 Å².